The molecule has 0 aromatic heterocycles. The highest BCUT2D eigenvalue weighted by Crippen LogP contribution is 2.28. The van der Waals surface area contributed by atoms with Crippen LogP contribution in [0.1, 0.15) is 42.1 Å². The van der Waals surface area contributed by atoms with Gasteiger partial charge in [0.05, 0.1) is 12.5 Å². The van der Waals surface area contributed by atoms with Gasteiger partial charge in [0.1, 0.15) is 0 Å². The molecule has 0 saturated carbocycles. The third-order valence-electron chi connectivity index (χ3n) is 4.99. The lowest BCUT2D eigenvalue weighted by molar-refractivity contribution is -0.151. The predicted octanol–water partition coefficient (Wildman–Crippen LogP) is 2.23. The number of hydrogen-bond donors (Lipinski definition) is 0. The number of fused-ring (bicyclic) bond motifs is 1. The van der Waals surface area contributed by atoms with Crippen LogP contribution in [0.2, 0.25) is 0 Å². The Balaban J connectivity index is 1.60. The minimum Gasteiger partial charge on any atom is -0.466 e. The summed E-state index contributed by atoms with van der Waals surface area (Å²) in [5, 5.41) is 0. The van der Waals surface area contributed by atoms with E-state index in [2.05, 4.69) is 0 Å². The van der Waals surface area contributed by atoms with E-state index in [1.54, 1.807) is 6.92 Å². The van der Waals surface area contributed by atoms with Gasteiger partial charge >= 0.3 is 5.97 Å². The first-order valence-electron chi connectivity index (χ1n) is 8.66. The number of likely N-dealkylation sites (tertiary alicyclic amines) is 1. The van der Waals surface area contributed by atoms with Gasteiger partial charge in [-0.05, 0) is 31.7 Å². The maximum Gasteiger partial charge on any atom is 0.309 e. The van der Waals surface area contributed by atoms with E-state index in [0.29, 0.717) is 39.0 Å². The average Bonchev–Trinajstić information content (AvgIpc) is 2.61. The summed E-state index contributed by atoms with van der Waals surface area (Å²) >= 11 is 0. The van der Waals surface area contributed by atoms with Gasteiger partial charge in [-0.15, -0.1) is 0 Å². The smallest absolute Gasteiger partial charge is 0.309 e. The maximum atomic E-state index is 12.8. The predicted molar refractivity (Wildman–Crippen MR) is 88.5 cm³/mol. The topological polar surface area (TPSA) is 63.7 Å². The molecule has 0 spiro atoms. The van der Waals surface area contributed by atoms with Crippen molar-refractivity contribution in [1.82, 2.24) is 4.90 Å². The largest absolute Gasteiger partial charge is 0.466 e. The van der Waals surface area contributed by atoms with Crippen molar-refractivity contribution in [3.8, 4) is 0 Å². The minimum absolute atomic E-state index is 0.0418. The molecule has 1 unspecified atom stereocenters. The molecular weight excluding hydrogens is 306 g/mol. The van der Waals surface area contributed by atoms with Crippen LogP contribution in [0.5, 0.6) is 0 Å². The lowest BCUT2D eigenvalue weighted by atomic mass is 9.82. The molecule has 5 nitrogen and oxygen atoms in total. The normalized spacial score (nSPS) is 21.3. The molecule has 0 N–H and O–H groups in total. The number of ketones is 1. The average molecular weight is 329 g/mol. The number of piperidine rings is 1. The second-order valence-electron chi connectivity index (χ2n) is 6.54. The second-order valence-corrected chi connectivity index (χ2v) is 6.54. The van der Waals surface area contributed by atoms with E-state index in [1.165, 1.54) is 0 Å². The van der Waals surface area contributed by atoms with Crippen LogP contribution in [-0.4, -0.2) is 42.3 Å². The van der Waals surface area contributed by atoms with E-state index in [-0.39, 0.29) is 35.9 Å². The molecule has 0 radical (unpaired) electrons. The van der Waals surface area contributed by atoms with Crippen LogP contribution >= 0.6 is 0 Å². The number of amides is 1. The van der Waals surface area contributed by atoms with Crippen molar-refractivity contribution >= 4 is 17.7 Å². The van der Waals surface area contributed by atoms with Gasteiger partial charge in [0.25, 0.3) is 0 Å². The molecule has 1 saturated heterocycles. The molecular formula is C19H23NO4. The lowest BCUT2D eigenvalue weighted by Gasteiger charge is -2.34. The molecule has 1 atom stereocenters. The van der Waals surface area contributed by atoms with E-state index in [0.717, 1.165) is 11.1 Å². The van der Waals surface area contributed by atoms with E-state index < -0.39 is 0 Å². The van der Waals surface area contributed by atoms with Crippen LogP contribution in [0, 0.1) is 11.8 Å². The Labute approximate surface area is 142 Å². The van der Waals surface area contributed by atoms with Crippen LogP contribution < -0.4 is 0 Å². The summed E-state index contributed by atoms with van der Waals surface area (Å²) in [7, 11) is 0. The van der Waals surface area contributed by atoms with Crippen LogP contribution in [0.4, 0.5) is 0 Å². The maximum absolute atomic E-state index is 12.8. The van der Waals surface area contributed by atoms with Gasteiger partial charge in [0.15, 0.2) is 5.78 Å². The summed E-state index contributed by atoms with van der Waals surface area (Å²) in [5.41, 5.74) is 1.72. The molecule has 0 bridgehead atoms. The first-order chi connectivity index (χ1) is 11.6. The van der Waals surface area contributed by atoms with E-state index in [9.17, 15) is 14.4 Å². The third kappa shape index (κ3) is 3.35. The zero-order chi connectivity index (χ0) is 17.1. The molecule has 1 aromatic rings. The highest BCUT2D eigenvalue weighted by Gasteiger charge is 2.35. The summed E-state index contributed by atoms with van der Waals surface area (Å²) in [6, 6.07) is 7.53. The second kappa shape index (κ2) is 7.16. The van der Waals surface area contributed by atoms with Crippen LogP contribution in [0.3, 0.4) is 0 Å². The number of ether oxygens (including phenoxy) is 1. The summed E-state index contributed by atoms with van der Waals surface area (Å²) in [4.78, 5) is 38.6. The van der Waals surface area contributed by atoms with Crippen molar-refractivity contribution in [2.75, 3.05) is 19.7 Å². The lowest BCUT2D eigenvalue weighted by Crippen LogP contribution is -2.45. The van der Waals surface area contributed by atoms with Crippen LogP contribution in [-0.2, 0) is 20.7 Å². The molecule has 1 fully saturated rings. The molecule has 1 aliphatic heterocycles. The number of rotatable bonds is 3. The molecule has 128 valence electrons. The first kappa shape index (κ1) is 16.7. The van der Waals surface area contributed by atoms with Gasteiger partial charge in [0.2, 0.25) is 5.91 Å². The van der Waals surface area contributed by atoms with Gasteiger partial charge in [-0.2, -0.15) is 0 Å². The molecule has 1 heterocycles. The fraction of sp³-hybridized carbons (Fsp3) is 0.526. The van der Waals surface area contributed by atoms with Gasteiger partial charge < -0.3 is 9.64 Å². The Morgan fingerprint density at radius 3 is 2.54 bits per heavy atom. The molecule has 24 heavy (non-hydrogen) atoms. The molecule has 3 rings (SSSR count). The Kier molecular flexibility index (Phi) is 4.97. The number of hydrogen-bond acceptors (Lipinski definition) is 4. The van der Waals surface area contributed by atoms with Gasteiger partial charge in [-0.3, -0.25) is 14.4 Å². The van der Waals surface area contributed by atoms with Gasteiger partial charge in [-0.25, -0.2) is 0 Å². The molecule has 1 aliphatic carbocycles. The SMILES string of the molecule is CCOC(=O)C1CCN(C(=O)C2CC(=O)c3ccccc3C2)CC1. The summed E-state index contributed by atoms with van der Waals surface area (Å²) in [6.07, 6.45) is 2.19. The van der Waals surface area contributed by atoms with Crippen molar-refractivity contribution < 1.29 is 19.1 Å². The fourth-order valence-corrected chi connectivity index (χ4v) is 3.67. The Morgan fingerprint density at radius 2 is 1.83 bits per heavy atom. The highest BCUT2D eigenvalue weighted by atomic mass is 16.5. The van der Waals surface area contributed by atoms with Crippen LogP contribution in [0.25, 0.3) is 0 Å². The monoisotopic (exact) mass is 329 g/mol. The number of carbonyl (C=O) groups is 3. The number of nitrogens with zero attached hydrogens (tertiary/aromatic N) is 1. The molecule has 2 aliphatic rings. The van der Waals surface area contributed by atoms with Crippen molar-refractivity contribution in [1.29, 1.82) is 0 Å². The fourth-order valence-electron chi connectivity index (χ4n) is 3.67. The minimum atomic E-state index is -0.272. The number of benzene rings is 1. The highest BCUT2D eigenvalue weighted by molar-refractivity contribution is 6.01. The van der Waals surface area contributed by atoms with E-state index >= 15 is 0 Å². The Hall–Kier alpha value is -2.17. The third-order valence-corrected chi connectivity index (χ3v) is 4.99. The van der Waals surface area contributed by atoms with Crippen LogP contribution in [0.15, 0.2) is 24.3 Å². The van der Waals surface area contributed by atoms with Crippen molar-refractivity contribution in [3.63, 3.8) is 0 Å². The number of esters is 1. The Bertz CT molecular complexity index is 647. The van der Waals surface area contributed by atoms with E-state index in [4.69, 9.17) is 4.74 Å². The zero-order valence-corrected chi connectivity index (χ0v) is 14.0. The summed E-state index contributed by atoms with van der Waals surface area (Å²) in [5.74, 6) is -0.447. The summed E-state index contributed by atoms with van der Waals surface area (Å²) in [6.45, 7) is 3.32. The van der Waals surface area contributed by atoms with Crippen molar-refractivity contribution in [2.24, 2.45) is 11.8 Å². The standard InChI is InChI=1S/C19H23NO4/c1-2-24-19(23)13-7-9-20(10-8-13)18(22)15-11-14-5-3-4-6-16(14)17(21)12-15/h3-6,13,15H,2,7-12H2,1H3. The molecule has 1 aromatic carbocycles. The van der Waals surface area contributed by atoms with Crippen molar-refractivity contribution in [2.45, 2.75) is 32.6 Å². The number of carbonyl (C=O) groups excluding carboxylic acids is 3. The first-order valence-corrected chi connectivity index (χ1v) is 8.66. The van der Waals surface area contributed by atoms with Gasteiger partial charge in [-0.1, -0.05) is 24.3 Å². The zero-order valence-electron chi connectivity index (χ0n) is 14.0. The number of Topliss-reactive ketones (excluding diaryl/α,β-unsaturated/α-hetero) is 1. The summed E-state index contributed by atoms with van der Waals surface area (Å²) < 4.78 is 5.06. The van der Waals surface area contributed by atoms with Gasteiger partial charge in [0, 0.05) is 31.0 Å². The Morgan fingerprint density at radius 1 is 1.12 bits per heavy atom. The molecule has 1 amide bonds. The quantitative estimate of drug-likeness (QED) is 0.798. The van der Waals surface area contributed by atoms with Crippen molar-refractivity contribution in [3.05, 3.63) is 35.4 Å². The molecule has 5 heteroatoms. The van der Waals surface area contributed by atoms with E-state index in [1.807, 2.05) is 29.2 Å².